The Kier molecular flexibility index (Phi) is 7.53. The molecule has 0 N–H and O–H groups in total. The molecule has 0 bridgehead atoms. The Morgan fingerprint density at radius 1 is 0.232 bits per heavy atom. The largest absolute Gasteiger partial charge is 0.309 e. The topological polar surface area (TPSA) is 9.86 Å². The molecule has 56 heavy (non-hydrogen) atoms. The van der Waals surface area contributed by atoms with E-state index >= 15 is 0 Å². The highest BCUT2D eigenvalue weighted by Gasteiger charge is 2.19. The lowest BCUT2D eigenvalue weighted by Gasteiger charge is -2.14. The number of fused-ring (bicyclic) bond motifs is 6. The second-order valence-electron chi connectivity index (χ2n) is 14.5. The summed E-state index contributed by atoms with van der Waals surface area (Å²) in [4.78, 5) is 0. The first-order valence-electron chi connectivity index (χ1n) is 19.3. The van der Waals surface area contributed by atoms with Crippen LogP contribution in [0.3, 0.4) is 0 Å². The first-order chi connectivity index (χ1) is 27.8. The number of aromatic nitrogens is 2. The van der Waals surface area contributed by atoms with Crippen LogP contribution in [-0.4, -0.2) is 9.13 Å². The molecule has 0 fully saturated rings. The number of hydrogen-bond donors (Lipinski definition) is 0. The molecule has 0 spiro atoms. The monoisotopic (exact) mass is 712 g/mol. The number of benzene rings is 9. The van der Waals surface area contributed by atoms with Crippen molar-refractivity contribution in [3.05, 3.63) is 218 Å². The highest BCUT2D eigenvalue weighted by Crippen LogP contribution is 2.41. The van der Waals surface area contributed by atoms with E-state index in [9.17, 15) is 0 Å². The Morgan fingerprint density at radius 2 is 0.714 bits per heavy atom. The van der Waals surface area contributed by atoms with Crippen LogP contribution in [-0.2, 0) is 0 Å². The van der Waals surface area contributed by atoms with Crippen LogP contribution in [0.25, 0.3) is 99.5 Å². The molecule has 0 saturated heterocycles. The average molecular weight is 713 g/mol. The Labute approximate surface area is 325 Å². The minimum atomic E-state index is 1.16. The molecule has 0 atom stereocenters. The number of hydrogen-bond acceptors (Lipinski definition) is 0. The van der Waals surface area contributed by atoms with Gasteiger partial charge in [-0.3, -0.25) is 0 Å². The zero-order chi connectivity index (χ0) is 37.0. The van der Waals surface area contributed by atoms with Crippen molar-refractivity contribution in [3.8, 4) is 55.9 Å². The van der Waals surface area contributed by atoms with Crippen LogP contribution < -0.4 is 0 Å². The van der Waals surface area contributed by atoms with Crippen molar-refractivity contribution in [1.29, 1.82) is 0 Å². The van der Waals surface area contributed by atoms with Crippen LogP contribution in [0, 0.1) is 0 Å². The van der Waals surface area contributed by atoms with Gasteiger partial charge < -0.3 is 9.13 Å². The number of para-hydroxylation sites is 2. The van der Waals surface area contributed by atoms with E-state index in [0.29, 0.717) is 0 Å². The molecule has 9 aromatic carbocycles. The fourth-order valence-corrected chi connectivity index (χ4v) is 8.69. The third-order valence-electron chi connectivity index (χ3n) is 11.3. The number of rotatable bonds is 6. The molecule has 2 nitrogen and oxygen atoms in total. The zero-order valence-corrected chi connectivity index (χ0v) is 30.7. The van der Waals surface area contributed by atoms with Gasteiger partial charge in [-0.1, -0.05) is 164 Å². The Balaban J connectivity index is 1.10. The molecule has 0 saturated carbocycles. The molecule has 0 aliphatic carbocycles. The summed E-state index contributed by atoms with van der Waals surface area (Å²) >= 11 is 0. The van der Waals surface area contributed by atoms with Gasteiger partial charge in [0.05, 0.1) is 27.8 Å². The van der Waals surface area contributed by atoms with E-state index in [2.05, 4.69) is 228 Å². The molecular formula is C54H36N2. The molecule has 11 rings (SSSR count). The maximum absolute atomic E-state index is 2.46. The van der Waals surface area contributed by atoms with Crippen LogP contribution in [0.4, 0.5) is 0 Å². The molecule has 0 aliphatic heterocycles. The van der Waals surface area contributed by atoms with E-state index in [1.54, 1.807) is 0 Å². The molecule has 11 aromatic rings. The van der Waals surface area contributed by atoms with Gasteiger partial charge in [0.2, 0.25) is 0 Å². The Hall–Kier alpha value is -7.42. The fraction of sp³-hybridized carbons (Fsp3) is 0. The van der Waals surface area contributed by atoms with Gasteiger partial charge in [0.1, 0.15) is 0 Å². The van der Waals surface area contributed by atoms with Gasteiger partial charge in [0.25, 0.3) is 0 Å². The van der Waals surface area contributed by atoms with E-state index in [-0.39, 0.29) is 0 Å². The van der Waals surface area contributed by atoms with E-state index in [0.717, 1.165) is 5.69 Å². The van der Waals surface area contributed by atoms with Crippen molar-refractivity contribution in [2.45, 2.75) is 0 Å². The van der Waals surface area contributed by atoms with Gasteiger partial charge in [0.15, 0.2) is 0 Å². The average Bonchev–Trinajstić information content (AvgIpc) is 3.79. The SMILES string of the molecule is c1ccc(-c2cccc(-n3c4ccccc4c4cc(-c5ccc6c(c5)c5ccc(-c7ccccc7)cc5n6-c5ccccc5-c5ccccc5)ccc43)c2)cc1. The molecule has 0 amide bonds. The van der Waals surface area contributed by atoms with Crippen molar-refractivity contribution in [3.63, 3.8) is 0 Å². The standard InChI is InChI=1S/C54H36N2/c1-4-15-37(16-5-1)40-21-14-22-44(33-40)55-51-26-13-11-24-46(51)48-34-41(28-31-52(48)55)42-29-32-53-49(35-42)47-30-27-43(38-17-6-2-7-18-38)36-54(47)56(53)50-25-12-10-23-45(50)39-19-8-3-9-20-39/h1-36H. The van der Waals surface area contributed by atoms with E-state index < -0.39 is 0 Å². The van der Waals surface area contributed by atoms with Crippen molar-refractivity contribution >= 4 is 43.6 Å². The van der Waals surface area contributed by atoms with Crippen LogP contribution in [0.15, 0.2) is 218 Å². The lowest BCUT2D eigenvalue weighted by Crippen LogP contribution is -1.97. The molecule has 2 heteroatoms. The van der Waals surface area contributed by atoms with Crippen LogP contribution in [0.1, 0.15) is 0 Å². The van der Waals surface area contributed by atoms with Crippen molar-refractivity contribution in [2.24, 2.45) is 0 Å². The predicted molar refractivity (Wildman–Crippen MR) is 237 cm³/mol. The summed E-state index contributed by atoms with van der Waals surface area (Å²) in [6.07, 6.45) is 0. The summed E-state index contributed by atoms with van der Waals surface area (Å²) < 4.78 is 4.87. The van der Waals surface area contributed by atoms with Crippen LogP contribution in [0.5, 0.6) is 0 Å². The van der Waals surface area contributed by atoms with E-state index in [4.69, 9.17) is 0 Å². The third kappa shape index (κ3) is 5.26. The second-order valence-corrected chi connectivity index (χ2v) is 14.5. The molecule has 0 unspecified atom stereocenters. The minimum Gasteiger partial charge on any atom is -0.309 e. The molecular weight excluding hydrogens is 677 g/mol. The van der Waals surface area contributed by atoms with Gasteiger partial charge >= 0.3 is 0 Å². The lowest BCUT2D eigenvalue weighted by molar-refractivity contribution is 1.18. The summed E-state index contributed by atoms with van der Waals surface area (Å²) in [5.74, 6) is 0. The van der Waals surface area contributed by atoms with Crippen LogP contribution >= 0.6 is 0 Å². The summed E-state index contributed by atoms with van der Waals surface area (Å²) in [6.45, 7) is 0. The Morgan fingerprint density at radius 3 is 1.41 bits per heavy atom. The smallest absolute Gasteiger partial charge is 0.0547 e. The fourth-order valence-electron chi connectivity index (χ4n) is 8.69. The summed E-state index contributed by atoms with van der Waals surface area (Å²) in [6, 6.07) is 79.4. The molecule has 0 aliphatic rings. The third-order valence-corrected chi connectivity index (χ3v) is 11.3. The predicted octanol–water partition coefficient (Wildman–Crippen LogP) is 14.5. The van der Waals surface area contributed by atoms with E-state index in [1.165, 1.54) is 93.8 Å². The first kappa shape index (κ1) is 32.0. The van der Waals surface area contributed by atoms with Gasteiger partial charge in [-0.2, -0.15) is 0 Å². The molecule has 2 heterocycles. The minimum absolute atomic E-state index is 1.16. The lowest BCUT2D eigenvalue weighted by atomic mass is 9.99. The zero-order valence-electron chi connectivity index (χ0n) is 30.7. The highest BCUT2D eigenvalue weighted by molar-refractivity contribution is 6.13. The van der Waals surface area contributed by atoms with Crippen molar-refractivity contribution in [2.75, 3.05) is 0 Å². The first-order valence-corrected chi connectivity index (χ1v) is 19.3. The second kappa shape index (κ2) is 13.2. The van der Waals surface area contributed by atoms with Crippen LogP contribution in [0.2, 0.25) is 0 Å². The summed E-state index contributed by atoms with van der Waals surface area (Å²) in [7, 11) is 0. The summed E-state index contributed by atoms with van der Waals surface area (Å²) in [5, 5.41) is 4.97. The maximum Gasteiger partial charge on any atom is 0.0547 e. The van der Waals surface area contributed by atoms with Crippen molar-refractivity contribution < 1.29 is 0 Å². The highest BCUT2D eigenvalue weighted by atomic mass is 15.0. The Bertz CT molecular complexity index is 3220. The number of nitrogens with zero attached hydrogens (tertiary/aromatic N) is 2. The van der Waals surface area contributed by atoms with E-state index in [1.807, 2.05) is 0 Å². The van der Waals surface area contributed by atoms with Gasteiger partial charge in [0, 0.05) is 32.8 Å². The van der Waals surface area contributed by atoms with Crippen molar-refractivity contribution in [1.82, 2.24) is 9.13 Å². The maximum atomic E-state index is 2.46. The molecule has 0 radical (unpaired) electrons. The summed E-state index contributed by atoms with van der Waals surface area (Å²) in [5.41, 5.74) is 16.8. The normalized spacial score (nSPS) is 11.6. The van der Waals surface area contributed by atoms with Gasteiger partial charge in [-0.25, -0.2) is 0 Å². The van der Waals surface area contributed by atoms with Gasteiger partial charge in [-0.05, 0) is 93.5 Å². The molecule has 2 aromatic heterocycles. The molecule has 262 valence electrons. The van der Waals surface area contributed by atoms with Gasteiger partial charge in [-0.15, -0.1) is 0 Å². The quantitative estimate of drug-likeness (QED) is 0.162.